The van der Waals surface area contributed by atoms with E-state index in [9.17, 15) is 0 Å². The molecule has 0 aliphatic rings. The minimum absolute atomic E-state index is 0.293. The van der Waals surface area contributed by atoms with Crippen LogP contribution in [-0.4, -0.2) is 4.09 Å². The number of rotatable bonds is 8. The first-order chi connectivity index (χ1) is 15.8. The largest absolute Gasteiger partial charge is 0.309 e. The first-order valence-corrected chi connectivity index (χ1v) is 16.8. The van der Waals surface area contributed by atoms with Crippen LogP contribution < -0.4 is 0 Å². The van der Waals surface area contributed by atoms with Gasteiger partial charge in [0.1, 0.15) is 0 Å². The van der Waals surface area contributed by atoms with E-state index in [1.165, 1.54) is 11.1 Å². The van der Waals surface area contributed by atoms with E-state index in [1.54, 1.807) is 32.9 Å². The van der Waals surface area contributed by atoms with Gasteiger partial charge in [0.2, 0.25) is 0 Å². The Morgan fingerprint density at radius 3 is 0.853 bits per heavy atom. The predicted molar refractivity (Wildman–Crippen MR) is 158 cm³/mol. The molecule has 34 heavy (non-hydrogen) atoms. The summed E-state index contributed by atoms with van der Waals surface area (Å²) in [5, 5.41) is 3.41. The van der Waals surface area contributed by atoms with Gasteiger partial charge in [-0.05, 0) is 68.9 Å². The standard InChI is InChI=1S/C31H49NP2/c1-18(2)24-14-26(20(5)6)30(27(15-24)21(7)8)33-32(13)34(33)31-28(22(9)10)16-25(19(3)4)17-29(31)23(11)12/h14-23H,1-13H3. The molecule has 2 atom stereocenters. The number of benzene rings is 2. The first kappa shape index (κ1) is 27.4. The van der Waals surface area contributed by atoms with E-state index in [0.29, 0.717) is 35.5 Å². The summed E-state index contributed by atoms with van der Waals surface area (Å²) >= 11 is 0. The van der Waals surface area contributed by atoms with Crippen molar-refractivity contribution in [2.24, 2.45) is 7.05 Å². The van der Waals surface area contributed by atoms with E-state index < -0.39 is 0 Å². The Morgan fingerprint density at radius 2 is 0.676 bits per heavy atom. The number of aromatic nitrogens is 1. The highest BCUT2D eigenvalue weighted by Gasteiger charge is 2.32. The van der Waals surface area contributed by atoms with Crippen molar-refractivity contribution in [3.8, 4) is 10.6 Å². The van der Waals surface area contributed by atoms with E-state index in [0.717, 1.165) is 0 Å². The molecule has 1 nitrogen and oxygen atoms in total. The van der Waals surface area contributed by atoms with Crippen molar-refractivity contribution < 1.29 is 0 Å². The minimum Gasteiger partial charge on any atom is -0.309 e. The number of hydrogen-bond acceptors (Lipinski definition) is 0. The normalized spacial score (nSPS) is 13.7. The second kappa shape index (κ2) is 10.4. The molecule has 0 fully saturated rings. The van der Waals surface area contributed by atoms with Crippen LogP contribution >= 0.6 is 14.7 Å². The fourth-order valence-electron chi connectivity index (χ4n) is 4.97. The van der Waals surface area contributed by atoms with Crippen LogP contribution in [0.15, 0.2) is 24.3 Å². The van der Waals surface area contributed by atoms with Crippen LogP contribution in [0.1, 0.15) is 152 Å². The van der Waals surface area contributed by atoms with Gasteiger partial charge in [0.25, 0.3) is 0 Å². The summed E-state index contributed by atoms with van der Waals surface area (Å²) in [6.07, 6.45) is 0. The van der Waals surface area contributed by atoms with Gasteiger partial charge in [0.05, 0.1) is 0 Å². The summed E-state index contributed by atoms with van der Waals surface area (Å²) < 4.78 is 2.77. The molecule has 3 rings (SSSR count). The molecule has 0 aliphatic carbocycles. The Hall–Kier alpha value is -1.16. The molecule has 1 aromatic heterocycles. The molecule has 2 aromatic carbocycles. The lowest BCUT2D eigenvalue weighted by molar-refractivity contribution is 0.811. The number of nitrogens with zero attached hydrogens (tertiary/aromatic N) is 1. The summed E-state index contributed by atoms with van der Waals surface area (Å²) in [7, 11) is 1.82. The van der Waals surface area contributed by atoms with Gasteiger partial charge >= 0.3 is 0 Å². The van der Waals surface area contributed by atoms with Crippen molar-refractivity contribution in [3.05, 3.63) is 57.6 Å². The zero-order chi connectivity index (χ0) is 25.6. The second-order valence-corrected chi connectivity index (χ2v) is 17.9. The second-order valence-electron chi connectivity index (χ2n) is 12.1. The van der Waals surface area contributed by atoms with E-state index in [1.807, 2.05) is 0 Å². The highest BCUT2D eigenvalue weighted by Crippen LogP contribution is 2.76. The zero-order valence-electron chi connectivity index (χ0n) is 24.1. The summed E-state index contributed by atoms with van der Waals surface area (Å²) in [6.45, 7) is 28.5. The highest BCUT2D eigenvalue weighted by atomic mass is 31.9. The van der Waals surface area contributed by atoms with Gasteiger partial charge in [0.15, 0.2) is 0 Å². The third-order valence-corrected chi connectivity index (χ3v) is 14.7. The van der Waals surface area contributed by atoms with E-state index in [-0.39, 0.29) is 14.7 Å². The molecule has 3 heteroatoms. The minimum atomic E-state index is -0.293. The summed E-state index contributed by atoms with van der Waals surface area (Å²) in [5.41, 5.74) is 9.43. The molecule has 0 radical (unpaired) electrons. The van der Waals surface area contributed by atoms with Gasteiger partial charge in [-0.1, -0.05) is 107 Å². The Balaban J connectivity index is 2.36. The average Bonchev–Trinajstić information content (AvgIpc) is 3.40. The van der Waals surface area contributed by atoms with Crippen LogP contribution in [0.25, 0.3) is 10.6 Å². The molecule has 0 saturated carbocycles. The average molecular weight is 498 g/mol. The highest BCUT2D eigenvalue weighted by molar-refractivity contribution is 8.22. The van der Waals surface area contributed by atoms with Gasteiger partial charge in [-0.3, -0.25) is 0 Å². The smallest absolute Gasteiger partial charge is 0.0260 e. The van der Waals surface area contributed by atoms with Crippen LogP contribution in [0.2, 0.25) is 0 Å². The molecule has 1 heterocycles. The third-order valence-electron chi connectivity index (χ3n) is 7.30. The van der Waals surface area contributed by atoms with Crippen molar-refractivity contribution in [2.75, 3.05) is 0 Å². The van der Waals surface area contributed by atoms with Crippen molar-refractivity contribution in [3.63, 3.8) is 0 Å². The Bertz CT molecular complexity index is 983. The van der Waals surface area contributed by atoms with Gasteiger partial charge in [-0.25, -0.2) is 0 Å². The molecular weight excluding hydrogens is 448 g/mol. The monoisotopic (exact) mass is 497 g/mol. The summed E-state index contributed by atoms with van der Waals surface area (Å²) in [6, 6.07) is 10.2. The molecule has 0 bridgehead atoms. The quantitative estimate of drug-likeness (QED) is 0.292. The molecule has 3 aromatic rings. The maximum absolute atomic E-state index is 2.77. The maximum Gasteiger partial charge on any atom is 0.0260 e. The molecular formula is C31H49NP2. The fraction of sp³-hybridized carbons (Fsp3) is 0.613. The molecule has 0 aliphatic heterocycles. The van der Waals surface area contributed by atoms with Gasteiger partial charge in [-0.2, -0.15) is 0 Å². The molecule has 0 spiro atoms. The van der Waals surface area contributed by atoms with Crippen molar-refractivity contribution in [1.29, 1.82) is 0 Å². The van der Waals surface area contributed by atoms with Crippen molar-refractivity contribution in [1.82, 2.24) is 4.09 Å². The first-order valence-electron chi connectivity index (χ1n) is 13.5. The van der Waals surface area contributed by atoms with Crippen molar-refractivity contribution in [2.45, 2.75) is 119 Å². The van der Waals surface area contributed by atoms with Crippen LogP contribution in [-0.2, 0) is 7.05 Å². The summed E-state index contributed by atoms with van der Waals surface area (Å²) in [4.78, 5) is 0. The predicted octanol–water partition coefficient (Wildman–Crippen LogP) is 11.7. The van der Waals surface area contributed by atoms with E-state index in [2.05, 4.69) is 118 Å². The lowest BCUT2D eigenvalue weighted by Crippen LogP contribution is -2.01. The zero-order valence-corrected chi connectivity index (χ0v) is 25.9. The Morgan fingerprint density at radius 1 is 0.441 bits per heavy atom. The fourth-order valence-corrected chi connectivity index (χ4v) is 13.5. The van der Waals surface area contributed by atoms with Crippen LogP contribution in [0.4, 0.5) is 0 Å². The molecule has 0 saturated heterocycles. The Kier molecular flexibility index (Phi) is 8.43. The molecule has 188 valence electrons. The SMILES string of the molecule is CC(C)c1cc(C(C)C)c(-p2n(C)p2-c2c(C(C)C)cc(C(C)C)cc2C(C)C)c(C(C)C)c1. The van der Waals surface area contributed by atoms with E-state index >= 15 is 0 Å². The maximum atomic E-state index is 2.77. The summed E-state index contributed by atoms with van der Waals surface area (Å²) in [5.74, 6) is 3.35. The van der Waals surface area contributed by atoms with Gasteiger partial charge in [0, 0.05) is 32.4 Å². The van der Waals surface area contributed by atoms with Crippen LogP contribution in [0.3, 0.4) is 0 Å². The van der Waals surface area contributed by atoms with Crippen LogP contribution in [0, 0.1) is 0 Å². The van der Waals surface area contributed by atoms with Crippen LogP contribution in [0.5, 0.6) is 0 Å². The molecule has 2 unspecified atom stereocenters. The van der Waals surface area contributed by atoms with Gasteiger partial charge < -0.3 is 4.09 Å². The third kappa shape index (κ3) is 5.18. The molecule has 0 amide bonds. The van der Waals surface area contributed by atoms with Crippen molar-refractivity contribution >= 4 is 14.7 Å². The molecule has 0 N–H and O–H groups in total. The van der Waals surface area contributed by atoms with Gasteiger partial charge in [-0.15, -0.1) is 0 Å². The lowest BCUT2D eigenvalue weighted by atomic mass is 9.89. The Labute approximate surface area is 212 Å². The lowest BCUT2D eigenvalue weighted by Gasteiger charge is -2.22. The topological polar surface area (TPSA) is 4.93 Å². The van der Waals surface area contributed by atoms with E-state index in [4.69, 9.17) is 0 Å². The number of hydrogen-bond donors (Lipinski definition) is 0.